The van der Waals surface area contributed by atoms with Crippen LogP contribution in [0.15, 0.2) is 36.5 Å². The van der Waals surface area contributed by atoms with E-state index in [1.807, 2.05) is 18.2 Å². The Labute approximate surface area is 176 Å². The van der Waals surface area contributed by atoms with Crippen LogP contribution in [0.5, 0.6) is 5.75 Å². The first-order valence-corrected chi connectivity index (χ1v) is 9.27. The van der Waals surface area contributed by atoms with E-state index in [0.717, 1.165) is 10.9 Å². The Hall–Kier alpha value is -3.90. The van der Waals surface area contributed by atoms with Gasteiger partial charge in [-0.05, 0) is 24.3 Å². The van der Waals surface area contributed by atoms with Crippen LogP contribution in [0, 0.1) is 11.3 Å². The molecule has 0 spiro atoms. The molecule has 0 radical (unpaired) electrons. The van der Waals surface area contributed by atoms with Crippen molar-refractivity contribution >= 4 is 39.9 Å². The molecule has 0 saturated heterocycles. The van der Waals surface area contributed by atoms with Crippen LogP contribution >= 0.6 is 11.6 Å². The van der Waals surface area contributed by atoms with Crippen molar-refractivity contribution in [3.8, 4) is 23.2 Å². The summed E-state index contributed by atoms with van der Waals surface area (Å²) in [5, 5.41) is 24.6. The van der Waals surface area contributed by atoms with Crippen molar-refractivity contribution in [2.24, 2.45) is 7.05 Å². The van der Waals surface area contributed by atoms with E-state index in [-0.39, 0.29) is 12.2 Å². The zero-order valence-corrected chi connectivity index (χ0v) is 16.9. The molecule has 2 N–H and O–H groups in total. The number of halogens is 1. The zero-order valence-electron chi connectivity index (χ0n) is 16.1. The third-order valence-electron chi connectivity index (χ3n) is 4.57. The van der Waals surface area contributed by atoms with E-state index in [4.69, 9.17) is 21.6 Å². The fourth-order valence-electron chi connectivity index (χ4n) is 3.04. The van der Waals surface area contributed by atoms with Crippen molar-refractivity contribution in [3.63, 3.8) is 0 Å². The van der Waals surface area contributed by atoms with E-state index in [9.17, 15) is 4.79 Å². The van der Waals surface area contributed by atoms with Gasteiger partial charge < -0.3 is 10.1 Å². The number of fused-ring (bicyclic) bond motifs is 1. The molecule has 0 aliphatic carbocycles. The maximum Gasteiger partial charge on any atom is 0.225 e. The minimum absolute atomic E-state index is 0.215. The van der Waals surface area contributed by atoms with Crippen molar-refractivity contribution in [1.29, 1.82) is 5.26 Å². The number of benzene rings is 2. The minimum Gasteiger partial charge on any atom is -0.496 e. The van der Waals surface area contributed by atoms with Gasteiger partial charge in [0.05, 0.1) is 47.6 Å². The molecule has 0 bridgehead atoms. The summed E-state index contributed by atoms with van der Waals surface area (Å²) in [6.07, 6.45) is 1.44. The summed E-state index contributed by atoms with van der Waals surface area (Å²) >= 11 is 6.47. The molecule has 4 aromatic rings. The molecule has 4 rings (SSSR count). The van der Waals surface area contributed by atoms with Crippen LogP contribution in [0.3, 0.4) is 0 Å². The number of aryl methyl sites for hydroxylation is 1. The normalized spacial score (nSPS) is 10.7. The van der Waals surface area contributed by atoms with E-state index in [1.165, 1.54) is 7.11 Å². The Morgan fingerprint density at radius 1 is 1.37 bits per heavy atom. The number of nitrogens with one attached hydrogen (secondary N) is 2. The van der Waals surface area contributed by atoms with Crippen LogP contribution in [0.4, 0.5) is 11.6 Å². The van der Waals surface area contributed by atoms with Gasteiger partial charge in [-0.25, -0.2) is 4.68 Å². The quantitative estimate of drug-likeness (QED) is 0.453. The monoisotopic (exact) mass is 421 g/mol. The van der Waals surface area contributed by atoms with Gasteiger partial charge in [-0.15, -0.1) is 5.10 Å². The number of ether oxygens (including phenoxy) is 1. The number of H-pyrrole nitrogens is 1. The molecule has 0 unspecified atom stereocenters. The summed E-state index contributed by atoms with van der Waals surface area (Å²) in [5.74, 6) is 0.987. The van der Waals surface area contributed by atoms with Gasteiger partial charge in [-0.3, -0.25) is 9.89 Å². The van der Waals surface area contributed by atoms with Crippen LogP contribution in [-0.2, 0) is 7.05 Å². The highest BCUT2D eigenvalue weighted by atomic mass is 35.5. The summed E-state index contributed by atoms with van der Waals surface area (Å²) in [7, 11) is 3.22. The van der Waals surface area contributed by atoms with Gasteiger partial charge in [0.1, 0.15) is 5.75 Å². The zero-order chi connectivity index (χ0) is 21.3. The van der Waals surface area contributed by atoms with E-state index >= 15 is 0 Å². The second-order valence-corrected chi connectivity index (χ2v) is 6.82. The third-order valence-corrected chi connectivity index (χ3v) is 4.97. The Balaban J connectivity index is 1.66. The largest absolute Gasteiger partial charge is 0.496 e. The molecule has 2 aromatic carbocycles. The molecular weight excluding hydrogens is 406 g/mol. The first-order chi connectivity index (χ1) is 14.5. The van der Waals surface area contributed by atoms with Crippen LogP contribution in [-0.4, -0.2) is 37.9 Å². The number of hydrogen-bond acceptors (Lipinski definition) is 7. The average Bonchev–Trinajstić information content (AvgIpc) is 3.37. The van der Waals surface area contributed by atoms with Gasteiger partial charge in [0.15, 0.2) is 11.6 Å². The number of rotatable bonds is 6. The lowest BCUT2D eigenvalue weighted by atomic mass is 10.0. The summed E-state index contributed by atoms with van der Waals surface area (Å²) in [6.45, 7) is 0. The summed E-state index contributed by atoms with van der Waals surface area (Å²) < 4.78 is 6.91. The van der Waals surface area contributed by atoms with Crippen molar-refractivity contribution in [1.82, 2.24) is 25.0 Å². The molecule has 0 atom stereocenters. The predicted octanol–water partition coefficient (Wildman–Crippen LogP) is 3.86. The molecule has 0 aliphatic rings. The SMILES string of the molecule is COc1cc(-c2nc(Nc3ccc4[nH]ncc4c3Cl)n(C)n2)ccc1C(=O)CC#N. The van der Waals surface area contributed by atoms with Crippen molar-refractivity contribution in [2.45, 2.75) is 6.42 Å². The molecule has 0 amide bonds. The number of carbonyl (C=O) groups is 1. The molecule has 10 heteroatoms. The second kappa shape index (κ2) is 7.85. The number of nitrogens with zero attached hydrogens (tertiary/aromatic N) is 5. The van der Waals surface area contributed by atoms with E-state index in [2.05, 4.69) is 25.6 Å². The molecule has 2 aromatic heterocycles. The molecular formula is C20H16ClN7O2. The Bertz CT molecular complexity index is 1300. The molecule has 9 nitrogen and oxygen atoms in total. The van der Waals surface area contributed by atoms with Gasteiger partial charge in [-0.1, -0.05) is 17.7 Å². The maximum atomic E-state index is 12.1. The number of aromatic nitrogens is 5. The number of Topliss-reactive ketones (excluding diaryl/α,β-unsaturated/α-hetero) is 1. The summed E-state index contributed by atoms with van der Waals surface area (Å²) in [5.41, 5.74) is 2.52. The molecule has 2 heterocycles. The average molecular weight is 422 g/mol. The highest BCUT2D eigenvalue weighted by molar-refractivity contribution is 6.38. The Morgan fingerprint density at radius 3 is 2.97 bits per heavy atom. The minimum atomic E-state index is -0.304. The number of aromatic amines is 1. The number of nitriles is 1. The topological polar surface area (TPSA) is 122 Å². The number of carbonyl (C=O) groups excluding carboxylic acids is 1. The van der Waals surface area contributed by atoms with Gasteiger partial charge in [-0.2, -0.15) is 15.3 Å². The maximum absolute atomic E-state index is 12.1. The highest BCUT2D eigenvalue weighted by Gasteiger charge is 2.17. The van der Waals surface area contributed by atoms with Gasteiger partial charge in [0, 0.05) is 18.0 Å². The van der Waals surface area contributed by atoms with Crippen molar-refractivity contribution in [2.75, 3.05) is 12.4 Å². The Morgan fingerprint density at radius 2 is 2.20 bits per heavy atom. The predicted molar refractivity (Wildman–Crippen MR) is 112 cm³/mol. The lowest BCUT2D eigenvalue weighted by Crippen LogP contribution is -2.01. The third kappa shape index (κ3) is 3.44. The van der Waals surface area contributed by atoms with Gasteiger partial charge in [0.25, 0.3) is 0 Å². The number of hydrogen-bond donors (Lipinski definition) is 2. The highest BCUT2D eigenvalue weighted by Crippen LogP contribution is 2.32. The summed E-state index contributed by atoms with van der Waals surface area (Å²) in [4.78, 5) is 16.6. The summed E-state index contributed by atoms with van der Waals surface area (Å²) in [6, 6.07) is 10.6. The Kier molecular flexibility index (Phi) is 5.08. The van der Waals surface area contributed by atoms with E-state index in [1.54, 1.807) is 36.1 Å². The fourth-order valence-corrected chi connectivity index (χ4v) is 3.30. The van der Waals surface area contributed by atoms with Crippen molar-refractivity contribution < 1.29 is 9.53 Å². The lowest BCUT2D eigenvalue weighted by molar-refractivity contribution is 0.0995. The number of anilines is 2. The number of ketones is 1. The molecule has 0 saturated carbocycles. The first-order valence-electron chi connectivity index (χ1n) is 8.90. The number of methoxy groups -OCH3 is 1. The molecule has 150 valence electrons. The van der Waals surface area contributed by atoms with Crippen LogP contribution in [0.25, 0.3) is 22.3 Å². The molecule has 0 fully saturated rings. The second-order valence-electron chi connectivity index (χ2n) is 6.44. The molecule has 30 heavy (non-hydrogen) atoms. The van der Waals surface area contributed by atoms with Crippen LogP contribution in [0.2, 0.25) is 5.02 Å². The smallest absolute Gasteiger partial charge is 0.225 e. The fraction of sp³-hybridized carbons (Fsp3) is 0.150. The van der Waals surface area contributed by atoms with E-state index < -0.39 is 0 Å². The van der Waals surface area contributed by atoms with E-state index in [0.29, 0.717) is 39.4 Å². The standard InChI is InChI=1S/C20H16ClN7O2/c1-28-20(24-15-6-5-14-13(18(15)21)10-23-26-14)25-19(27-28)11-3-4-12(16(29)7-8-22)17(9-11)30-2/h3-6,9-10H,7H2,1-2H3,(H,23,26)(H,24,25,27). The first kappa shape index (κ1) is 19.4. The van der Waals surface area contributed by atoms with Gasteiger partial charge >= 0.3 is 0 Å². The van der Waals surface area contributed by atoms with Crippen LogP contribution in [0.1, 0.15) is 16.8 Å². The van der Waals surface area contributed by atoms with Crippen molar-refractivity contribution in [3.05, 3.63) is 47.1 Å². The van der Waals surface area contributed by atoms with Crippen LogP contribution < -0.4 is 10.1 Å². The lowest BCUT2D eigenvalue weighted by Gasteiger charge is -2.07. The van der Waals surface area contributed by atoms with Gasteiger partial charge in [0.2, 0.25) is 5.95 Å². The molecule has 0 aliphatic heterocycles.